The Kier molecular flexibility index (Phi) is 5.61. The van der Waals surface area contributed by atoms with Crippen molar-refractivity contribution in [1.29, 1.82) is 0 Å². The van der Waals surface area contributed by atoms with Gasteiger partial charge in [0.25, 0.3) is 0 Å². The third kappa shape index (κ3) is 3.22. The first-order chi connectivity index (χ1) is 12.6. The molecule has 6 nitrogen and oxygen atoms in total. The molecule has 2 aliphatic rings. The van der Waals surface area contributed by atoms with Crippen molar-refractivity contribution in [3.05, 3.63) is 23.3 Å². The number of rotatable bonds is 4. The fourth-order valence-electron chi connectivity index (χ4n) is 4.28. The summed E-state index contributed by atoms with van der Waals surface area (Å²) in [6.07, 6.45) is 1.83. The Bertz CT molecular complexity index is 651. The molecule has 0 saturated carbocycles. The molecule has 144 valence electrons. The lowest BCUT2D eigenvalue weighted by Crippen LogP contribution is -2.53. The standard InChI is InChI=1S/C20H30N2O4/c1-5-21(6-2)19(23)22-13-15-11-17(24-3)18(25-4)12-16(15)20(14-22)7-9-26-10-8-20/h11-12H,5-10,13-14H2,1-4H3. The summed E-state index contributed by atoms with van der Waals surface area (Å²) in [6, 6.07) is 4.26. The molecular formula is C20H30N2O4. The van der Waals surface area contributed by atoms with E-state index in [1.54, 1.807) is 14.2 Å². The number of fused-ring (bicyclic) bond motifs is 2. The van der Waals surface area contributed by atoms with Crippen LogP contribution in [0.2, 0.25) is 0 Å². The molecule has 1 aromatic rings. The molecule has 2 amide bonds. The summed E-state index contributed by atoms with van der Waals surface area (Å²) in [5, 5.41) is 0. The highest BCUT2D eigenvalue weighted by molar-refractivity contribution is 5.75. The third-order valence-electron chi connectivity index (χ3n) is 5.79. The predicted molar refractivity (Wildman–Crippen MR) is 100 cm³/mol. The molecule has 0 atom stereocenters. The number of urea groups is 1. The number of carbonyl (C=O) groups is 1. The lowest BCUT2D eigenvalue weighted by Gasteiger charge is -2.47. The fourth-order valence-corrected chi connectivity index (χ4v) is 4.28. The van der Waals surface area contributed by atoms with Crippen LogP contribution in [0.4, 0.5) is 4.79 Å². The molecule has 0 unspecified atom stereocenters. The molecule has 0 bridgehead atoms. The molecule has 1 saturated heterocycles. The maximum Gasteiger partial charge on any atom is 0.320 e. The smallest absolute Gasteiger partial charge is 0.320 e. The largest absolute Gasteiger partial charge is 0.493 e. The number of amides is 2. The first-order valence-electron chi connectivity index (χ1n) is 9.45. The number of carbonyl (C=O) groups excluding carboxylic acids is 1. The third-order valence-corrected chi connectivity index (χ3v) is 5.79. The van der Waals surface area contributed by atoms with Crippen molar-refractivity contribution in [2.75, 3.05) is 47.1 Å². The van der Waals surface area contributed by atoms with Gasteiger partial charge in [-0.25, -0.2) is 4.79 Å². The van der Waals surface area contributed by atoms with Crippen molar-refractivity contribution in [3.63, 3.8) is 0 Å². The van der Waals surface area contributed by atoms with Crippen LogP contribution in [0.25, 0.3) is 0 Å². The van der Waals surface area contributed by atoms with Crippen LogP contribution in [0, 0.1) is 0 Å². The lowest BCUT2D eigenvalue weighted by molar-refractivity contribution is 0.0287. The van der Waals surface area contributed by atoms with E-state index in [9.17, 15) is 4.79 Å². The molecule has 26 heavy (non-hydrogen) atoms. The summed E-state index contributed by atoms with van der Waals surface area (Å²) < 4.78 is 16.7. The zero-order valence-electron chi connectivity index (χ0n) is 16.3. The van der Waals surface area contributed by atoms with Crippen molar-refractivity contribution < 1.29 is 19.0 Å². The topological polar surface area (TPSA) is 51.2 Å². The van der Waals surface area contributed by atoms with E-state index in [0.29, 0.717) is 12.3 Å². The first kappa shape index (κ1) is 18.8. The van der Waals surface area contributed by atoms with Gasteiger partial charge in [0.15, 0.2) is 11.5 Å². The normalized spacial score (nSPS) is 18.4. The van der Waals surface area contributed by atoms with Crippen molar-refractivity contribution in [2.24, 2.45) is 0 Å². The molecule has 1 fully saturated rings. The maximum absolute atomic E-state index is 13.0. The first-order valence-corrected chi connectivity index (χ1v) is 9.45. The van der Waals surface area contributed by atoms with Gasteiger partial charge in [-0.2, -0.15) is 0 Å². The Balaban J connectivity index is 2.04. The number of ether oxygens (including phenoxy) is 3. The molecule has 0 aliphatic carbocycles. The highest BCUT2D eigenvalue weighted by Gasteiger charge is 2.43. The van der Waals surface area contributed by atoms with Crippen LogP contribution in [-0.4, -0.2) is 62.9 Å². The minimum atomic E-state index is -0.0752. The van der Waals surface area contributed by atoms with E-state index in [1.165, 1.54) is 5.56 Å². The zero-order valence-corrected chi connectivity index (χ0v) is 16.3. The van der Waals surface area contributed by atoms with Crippen molar-refractivity contribution in [1.82, 2.24) is 9.80 Å². The van der Waals surface area contributed by atoms with E-state index in [-0.39, 0.29) is 11.4 Å². The summed E-state index contributed by atoms with van der Waals surface area (Å²) in [4.78, 5) is 16.9. The molecular weight excluding hydrogens is 332 g/mol. The number of benzene rings is 1. The minimum Gasteiger partial charge on any atom is -0.493 e. The van der Waals surface area contributed by atoms with Crippen LogP contribution in [0.15, 0.2) is 12.1 Å². The summed E-state index contributed by atoms with van der Waals surface area (Å²) in [5.74, 6) is 1.46. The van der Waals surface area contributed by atoms with Crippen LogP contribution in [0.1, 0.15) is 37.8 Å². The van der Waals surface area contributed by atoms with E-state index in [2.05, 4.69) is 6.07 Å². The quantitative estimate of drug-likeness (QED) is 0.826. The molecule has 1 spiro atoms. The summed E-state index contributed by atoms with van der Waals surface area (Å²) in [6.45, 7) is 8.28. The van der Waals surface area contributed by atoms with E-state index >= 15 is 0 Å². The predicted octanol–water partition coefficient (Wildman–Crippen LogP) is 3.03. The fraction of sp³-hybridized carbons (Fsp3) is 0.650. The van der Waals surface area contributed by atoms with Gasteiger partial charge in [-0.3, -0.25) is 0 Å². The average Bonchev–Trinajstić information content (AvgIpc) is 2.68. The molecule has 3 rings (SSSR count). The van der Waals surface area contributed by atoms with Crippen LogP contribution in [0.3, 0.4) is 0 Å². The van der Waals surface area contributed by atoms with Crippen LogP contribution in [0.5, 0.6) is 11.5 Å². The molecule has 2 aliphatic heterocycles. The molecule has 1 aromatic carbocycles. The van der Waals surface area contributed by atoms with Crippen LogP contribution in [-0.2, 0) is 16.7 Å². The SMILES string of the molecule is CCN(CC)C(=O)N1Cc2cc(OC)c(OC)cc2C2(CCOCC2)C1. The van der Waals surface area contributed by atoms with E-state index in [4.69, 9.17) is 14.2 Å². The van der Waals surface area contributed by atoms with Gasteiger partial charge in [-0.05, 0) is 49.9 Å². The molecule has 0 radical (unpaired) electrons. The average molecular weight is 362 g/mol. The molecule has 0 aromatic heterocycles. The Morgan fingerprint density at radius 2 is 1.77 bits per heavy atom. The molecule has 0 N–H and O–H groups in total. The Morgan fingerprint density at radius 3 is 2.35 bits per heavy atom. The zero-order chi connectivity index (χ0) is 18.7. The van der Waals surface area contributed by atoms with Gasteiger partial charge in [0.05, 0.1) is 14.2 Å². The number of hydrogen-bond donors (Lipinski definition) is 0. The van der Waals surface area contributed by atoms with Gasteiger partial charge in [0, 0.05) is 44.8 Å². The van der Waals surface area contributed by atoms with E-state index in [1.807, 2.05) is 29.7 Å². The summed E-state index contributed by atoms with van der Waals surface area (Å²) in [5.41, 5.74) is 2.35. The second-order valence-corrected chi connectivity index (χ2v) is 7.07. The van der Waals surface area contributed by atoms with Crippen molar-refractivity contribution in [2.45, 2.75) is 38.6 Å². The highest BCUT2D eigenvalue weighted by Crippen LogP contribution is 2.45. The number of hydrogen-bond acceptors (Lipinski definition) is 4. The van der Waals surface area contributed by atoms with Crippen molar-refractivity contribution in [3.8, 4) is 11.5 Å². The van der Waals surface area contributed by atoms with E-state index < -0.39 is 0 Å². The monoisotopic (exact) mass is 362 g/mol. The van der Waals surface area contributed by atoms with Gasteiger partial charge < -0.3 is 24.0 Å². The highest BCUT2D eigenvalue weighted by atomic mass is 16.5. The van der Waals surface area contributed by atoms with Crippen LogP contribution < -0.4 is 9.47 Å². The Morgan fingerprint density at radius 1 is 1.15 bits per heavy atom. The minimum absolute atomic E-state index is 0.0752. The summed E-state index contributed by atoms with van der Waals surface area (Å²) in [7, 11) is 3.32. The summed E-state index contributed by atoms with van der Waals surface area (Å²) >= 11 is 0. The molecule has 2 heterocycles. The second-order valence-electron chi connectivity index (χ2n) is 7.07. The lowest BCUT2D eigenvalue weighted by atomic mass is 9.70. The van der Waals surface area contributed by atoms with Gasteiger partial charge in [-0.1, -0.05) is 0 Å². The van der Waals surface area contributed by atoms with Crippen molar-refractivity contribution >= 4 is 6.03 Å². The molecule has 6 heteroatoms. The van der Waals surface area contributed by atoms with Gasteiger partial charge >= 0.3 is 6.03 Å². The van der Waals surface area contributed by atoms with Crippen LogP contribution >= 0.6 is 0 Å². The second kappa shape index (κ2) is 7.74. The Labute approximate surface area is 156 Å². The number of methoxy groups -OCH3 is 2. The Hall–Kier alpha value is -1.95. The van der Waals surface area contributed by atoms with Gasteiger partial charge in [0.2, 0.25) is 0 Å². The van der Waals surface area contributed by atoms with Gasteiger partial charge in [-0.15, -0.1) is 0 Å². The van der Waals surface area contributed by atoms with Gasteiger partial charge in [0.1, 0.15) is 0 Å². The van der Waals surface area contributed by atoms with E-state index in [0.717, 1.165) is 57.0 Å². The number of nitrogens with zero attached hydrogens (tertiary/aromatic N) is 2. The maximum atomic E-state index is 13.0.